The number of benzene rings is 1. The van der Waals surface area contributed by atoms with Gasteiger partial charge in [0.15, 0.2) is 9.84 Å². The van der Waals surface area contributed by atoms with Crippen LogP contribution in [0.4, 0.5) is 17.1 Å². The van der Waals surface area contributed by atoms with Gasteiger partial charge in [-0.25, -0.2) is 8.42 Å². The summed E-state index contributed by atoms with van der Waals surface area (Å²) in [6, 6.07) is 4.08. The van der Waals surface area contributed by atoms with Crippen molar-refractivity contribution in [2.45, 2.75) is 12.5 Å². The normalized spacial score (nSPS) is 21.2. The highest BCUT2D eigenvalue weighted by atomic mass is 32.2. The first-order chi connectivity index (χ1) is 8.80. The molecular weight excluding hydrogens is 270 g/mol. The Kier molecular flexibility index (Phi) is 3.36. The van der Waals surface area contributed by atoms with Crippen LogP contribution in [0, 0.1) is 10.1 Å². The van der Waals surface area contributed by atoms with E-state index in [1.165, 1.54) is 12.1 Å². The van der Waals surface area contributed by atoms with Gasteiger partial charge in [-0.1, -0.05) is 0 Å². The Morgan fingerprint density at radius 2 is 2.16 bits per heavy atom. The van der Waals surface area contributed by atoms with Crippen molar-refractivity contribution in [3.8, 4) is 0 Å². The predicted octanol–water partition coefficient (Wildman–Crippen LogP) is 0.800. The van der Waals surface area contributed by atoms with Gasteiger partial charge in [-0.3, -0.25) is 10.1 Å². The third-order valence-corrected chi connectivity index (χ3v) is 5.11. The summed E-state index contributed by atoms with van der Waals surface area (Å²) in [6.07, 6.45) is 0.551. The average Bonchev–Trinajstić information content (AvgIpc) is 2.68. The van der Waals surface area contributed by atoms with Crippen LogP contribution in [0.15, 0.2) is 18.2 Å². The minimum atomic E-state index is -2.97. The molecule has 2 rings (SSSR count). The second-order valence-electron chi connectivity index (χ2n) is 4.67. The summed E-state index contributed by atoms with van der Waals surface area (Å²) < 4.78 is 22.9. The van der Waals surface area contributed by atoms with Gasteiger partial charge in [-0.2, -0.15) is 0 Å². The molecule has 0 amide bonds. The topological polar surface area (TPSA) is 107 Å². The Morgan fingerprint density at radius 1 is 1.47 bits per heavy atom. The first-order valence-corrected chi connectivity index (χ1v) is 7.59. The Labute approximate surface area is 111 Å². The highest BCUT2D eigenvalue weighted by Crippen LogP contribution is 2.30. The lowest BCUT2D eigenvalue weighted by Crippen LogP contribution is -2.33. The number of sulfone groups is 1. The average molecular weight is 285 g/mol. The molecule has 104 valence electrons. The molecule has 1 aliphatic rings. The summed E-state index contributed by atoms with van der Waals surface area (Å²) in [7, 11) is -1.22. The number of nitrogens with two attached hydrogens (primary N) is 1. The summed E-state index contributed by atoms with van der Waals surface area (Å²) in [4.78, 5) is 11.9. The Balaban J connectivity index is 2.25. The van der Waals surface area contributed by atoms with Crippen LogP contribution in [0.5, 0.6) is 0 Å². The van der Waals surface area contributed by atoms with E-state index in [1.807, 2.05) is 0 Å². The number of hydrogen-bond acceptors (Lipinski definition) is 6. The summed E-state index contributed by atoms with van der Waals surface area (Å²) in [6.45, 7) is 0. The van der Waals surface area contributed by atoms with Crippen molar-refractivity contribution in [2.75, 3.05) is 29.2 Å². The maximum atomic E-state index is 11.5. The first-order valence-electron chi connectivity index (χ1n) is 5.77. The van der Waals surface area contributed by atoms with Gasteiger partial charge in [-0.05, 0) is 12.5 Å². The highest BCUT2D eigenvalue weighted by Gasteiger charge is 2.31. The largest absolute Gasteiger partial charge is 0.397 e. The minimum absolute atomic E-state index is 0.0753. The molecule has 2 N–H and O–H groups in total. The number of anilines is 2. The van der Waals surface area contributed by atoms with Crippen molar-refractivity contribution in [3.05, 3.63) is 28.3 Å². The van der Waals surface area contributed by atoms with Gasteiger partial charge in [0.25, 0.3) is 5.69 Å². The molecule has 1 aromatic carbocycles. The third-order valence-electron chi connectivity index (χ3n) is 3.36. The Bertz CT molecular complexity index is 614. The molecule has 1 atom stereocenters. The lowest BCUT2D eigenvalue weighted by atomic mass is 10.1. The fourth-order valence-electron chi connectivity index (χ4n) is 2.25. The molecule has 1 fully saturated rings. The summed E-state index contributed by atoms with van der Waals surface area (Å²) in [5.41, 5.74) is 6.62. The number of nitro groups is 1. The van der Waals surface area contributed by atoms with Crippen LogP contribution >= 0.6 is 0 Å². The summed E-state index contributed by atoms with van der Waals surface area (Å²) in [5.74, 6) is 0.273. The van der Waals surface area contributed by atoms with Crippen LogP contribution in [-0.2, 0) is 9.84 Å². The van der Waals surface area contributed by atoms with Crippen LogP contribution in [0.25, 0.3) is 0 Å². The molecule has 1 unspecified atom stereocenters. The number of nitrogen functional groups attached to an aromatic ring is 1. The lowest BCUT2D eigenvalue weighted by Gasteiger charge is -2.26. The van der Waals surface area contributed by atoms with E-state index in [4.69, 9.17) is 5.73 Å². The van der Waals surface area contributed by atoms with E-state index in [0.717, 1.165) is 0 Å². The van der Waals surface area contributed by atoms with E-state index in [0.29, 0.717) is 12.1 Å². The van der Waals surface area contributed by atoms with Crippen molar-refractivity contribution in [1.82, 2.24) is 0 Å². The monoisotopic (exact) mass is 285 g/mol. The molecule has 1 aromatic rings. The summed E-state index contributed by atoms with van der Waals surface area (Å²) >= 11 is 0. The fourth-order valence-corrected chi connectivity index (χ4v) is 4.03. The van der Waals surface area contributed by atoms with E-state index in [1.54, 1.807) is 18.0 Å². The van der Waals surface area contributed by atoms with Crippen LogP contribution in [0.2, 0.25) is 0 Å². The third kappa shape index (κ3) is 2.78. The second kappa shape index (κ2) is 4.69. The van der Waals surface area contributed by atoms with Crippen molar-refractivity contribution < 1.29 is 13.3 Å². The van der Waals surface area contributed by atoms with Gasteiger partial charge < -0.3 is 10.6 Å². The molecule has 1 saturated heterocycles. The fraction of sp³-hybridized carbons (Fsp3) is 0.455. The van der Waals surface area contributed by atoms with Gasteiger partial charge in [-0.15, -0.1) is 0 Å². The molecule has 7 nitrogen and oxygen atoms in total. The number of rotatable bonds is 3. The Hall–Kier alpha value is -1.83. The quantitative estimate of drug-likeness (QED) is 0.500. The van der Waals surface area contributed by atoms with Crippen molar-refractivity contribution in [2.24, 2.45) is 0 Å². The molecule has 0 bridgehead atoms. The maximum absolute atomic E-state index is 11.5. The Morgan fingerprint density at radius 3 is 2.63 bits per heavy atom. The van der Waals surface area contributed by atoms with Crippen LogP contribution in [0.3, 0.4) is 0 Å². The van der Waals surface area contributed by atoms with Gasteiger partial charge in [0.05, 0.1) is 27.8 Å². The SMILES string of the molecule is CN(c1ccc([N+](=O)[O-])cc1N)C1CCS(=O)(=O)C1. The van der Waals surface area contributed by atoms with Gasteiger partial charge in [0.2, 0.25) is 0 Å². The number of nitro benzene ring substituents is 1. The van der Waals surface area contributed by atoms with E-state index >= 15 is 0 Å². The van der Waals surface area contributed by atoms with Gasteiger partial charge in [0.1, 0.15) is 0 Å². The predicted molar refractivity (Wildman–Crippen MR) is 73.0 cm³/mol. The van der Waals surface area contributed by atoms with Crippen LogP contribution in [-0.4, -0.2) is 37.9 Å². The molecule has 19 heavy (non-hydrogen) atoms. The van der Waals surface area contributed by atoms with E-state index < -0.39 is 14.8 Å². The molecule has 0 spiro atoms. The second-order valence-corrected chi connectivity index (χ2v) is 6.90. The number of hydrogen-bond donors (Lipinski definition) is 1. The van der Waals surface area contributed by atoms with Crippen LogP contribution < -0.4 is 10.6 Å². The molecule has 1 heterocycles. The molecule has 8 heteroatoms. The molecular formula is C11H15N3O4S. The molecule has 0 aromatic heterocycles. The molecule has 0 radical (unpaired) electrons. The van der Waals surface area contributed by atoms with E-state index in [9.17, 15) is 18.5 Å². The zero-order chi connectivity index (χ0) is 14.2. The van der Waals surface area contributed by atoms with Crippen molar-refractivity contribution >= 4 is 26.9 Å². The molecule has 0 aliphatic carbocycles. The van der Waals surface area contributed by atoms with Gasteiger partial charge >= 0.3 is 0 Å². The number of non-ortho nitro benzene ring substituents is 1. The minimum Gasteiger partial charge on any atom is -0.397 e. The maximum Gasteiger partial charge on any atom is 0.271 e. The van der Waals surface area contributed by atoms with E-state index in [-0.39, 0.29) is 28.9 Å². The molecule has 1 aliphatic heterocycles. The number of nitrogens with zero attached hydrogens (tertiary/aromatic N) is 2. The van der Waals surface area contributed by atoms with Crippen molar-refractivity contribution in [1.29, 1.82) is 0 Å². The first kappa shape index (κ1) is 13.6. The molecule has 0 saturated carbocycles. The standard InChI is InChI=1S/C11H15N3O4S/c1-13(9-4-5-19(17,18)7-9)11-3-2-8(14(15)16)6-10(11)12/h2-3,6,9H,4-5,7,12H2,1H3. The zero-order valence-corrected chi connectivity index (χ0v) is 11.3. The van der Waals surface area contributed by atoms with Crippen molar-refractivity contribution in [3.63, 3.8) is 0 Å². The van der Waals surface area contributed by atoms with Crippen LogP contribution in [0.1, 0.15) is 6.42 Å². The van der Waals surface area contributed by atoms with Gasteiger partial charge in [0, 0.05) is 25.2 Å². The zero-order valence-electron chi connectivity index (χ0n) is 10.4. The lowest BCUT2D eigenvalue weighted by molar-refractivity contribution is -0.384. The van der Waals surface area contributed by atoms with E-state index in [2.05, 4.69) is 0 Å². The summed E-state index contributed by atoms with van der Waals surface area (Å²) in [5, 5.41) is 10.6. The highest BCUT2D eigenvalue weighted by molar-refractivity contribution is 7.91. The smallest absolute Gasteiger partial charge is 0.271 e.